The SMILES string of the molecule is CC(C)(C)c1ccnc(-c2cccc(-c3cc(-c4ccccc4-c4cccc5c6cccnc6n(-c6ccccc6)c45)cc(-c4ccccc4O)n3)c2)c1. The van der Waals surface area contributed by atoms with Gasteiger partial charge in [0.05, 0.1) is 22.6 Å². The van der Waals surface area contributed by atoms with E-state index >= 15 is 0 Å². The van der Waals surface area contributed by atoms with Crippen molar-refractivity contribution in [3.63, 3.8) is 0 Å². The highest BCUT2D eigenvalue weighted by Crippen LogP contribution is 2.42. The molecule has 5 aromatic carbocycles. The largest absolute Gasteiger partial charge is 0.507 e. The molecule has 0 aliphatic heterocycles. The van der Waals surface area contributed by atoms with Gasteiger partial charge in [0, 0.05) is 51.1 Å². The predicted octanol–water partition coefficient (Wildman–Crippen LogP) is 12.3. The van der Waals surface area contributed by atoms with Gasteiger partial charge in [-0.2, -0.15) is 0 Å². The molecule has 5 nitrogen and oxygen atoms in total. The minimum Gasteiger partial charge on any atom is -0.507 e. The smallest absolute Gasteiger partial charge is 0.145 e. The summed E-state index contributed by atoms with van der Waals surface area (Å²) in [4.78, 5) is 14.8. The summed E-state index contributed by atoms with van der Waals surface area (Å²) in [6.07, 6.45) is 3.75. The van der Waals surface area contributed by atoms with E-state index < -0.39 is 0 Å². The van der Waals surface area contributed by atoms with Crippen LogP contribution in [0.5, 0.6) is 5.75 Å². The van der Waals surface area contributed by atoms with Gasteiger partial charge in [-0.05, 0) is 94.4 Å². The summed E-state index contributed by atoms with van der Waals surface area (Å²) < 4.78 is 2.27. The average Bonchev–Trinajstić information content (AvgIpc) is 3.56. The summed E-state index contributed by atoms with van der Waals surface area (Å²) in [5, 5.41) is 13.3. The van der Waals surface area contributed by atoms with Crippen LogP contribution in [-0.2, 0) is 5.41 Å². The van der Waals surface area contributed by atoms with Crippen molar-refractivity contribution in [2.45, 2.75) is 26.2 Å². The van der Waals surface area contributed by atoms with E-state index in [1.165, 1.54) is 5.56 Å². The van der Waals surface area contributed by atoms with Gasteiger partial charge in [-0.15, -0.1) is 0 Å². The number of phenolic OH excluding ortho intramolecular Hbond substituents is 1. The van der Waals surface area contributed by atoms with Gasteiger partial charge in [0.2, 0.25) is 0 Å². The molecule has 0 atom stereocenters. The fraction of sp³-hybridized carbons (Fsp3) is 0.0816. The number of aromatic nitrogens is 4. The van der Waals surface area contributed by atoms with Gasteiger partial charge in [0.1, 0.15) is 11.4 Å². The van der Waals surface area contributed by atoms with Crippen molar-refractivity contribution in [1.82, 2.24) is 19.5 Å². The van der Waals surface area contributed by atoms with E-state index in [0.717, 1.165) is 72.4 Å². The van der Waals surface area contributed by atoms with Crippen LogP contribution < -0.4 is 0 Å². The highest BCUT2D eigenvalue weighted by atomic mass is 16.3. The number of nitrogens with zero attached hydrogens (tertiary/aromatic N) is 4. The molecular formula is C49H38N4O. The van der Waals surface area contributed by atoms with Gasteiger partial charge >= 0.3 is 0 Å². The van der Waals surface area contributed by atoms with Crippen LogP contribution in [0.15, 0.2) is 170 Å². The Morgan fingerprint density at radius 1 is 0.481 bits per heavy atom. The second-order valence-electron chi connectivity index (χ2n) is 14.7. The zero-order chi connectivity index (χ0) is 36.8. The minimum absolute atomic E-state index is 0.00145. The lowest BCUT2D eigenvalue weighted by molar-refractivity contribution is 0.477. The molecule has 4 aromatic heterocycles. The van der Waals surface area contributed by atoms with Gasteiger partial charge in [-0.1, -0.05) is 112 Å². The topological polar surface area (TPSA) is 63.8 Å². The summed E-state index contributed by atoms with van der Waals surface area (Å²) in [6, 6.07) is 54.0. The number of aromatic hydroxyl groups is 1. The van der Waals surface area contributed by atoms with E-state index in [1.54, 1.807) is 6.07 Å². The van der Waals surface area contributed by atoms with E-state index in [0.29, 0.717) is 11.3 Å². The summed E-state index contributed by atoms with van der Waals surface area (Å²) in [7, 11) is 0. The zero-order valence-corrected chi connectivity index (χ0v) is 30.4. The highest BCUT2D eigenvalue weighted by molar-refractivity contribution is 6.13. The van der Waals surface area contributed by atoms with Crippen molar-refractivity contribution >= 4 is 21.9 Å². The number of fused-ring (bicyclic) bond motifs is 3. The zero-order valence-electron chi connectivity index (χ0n) is 30.4. The molecule has 0 saturated carbocycles. The van der Waals surface area contributed by atoms with Crippen LogP contribution in [0.1, 0.15) is 26.3 Å². The van der Waals surface area contributed by atoms with Crippen molar-refractivity contribution in [2.24, 2.45) is 0 Å². The summed E-state index contributed by atoms with van der Waals surface area (Å²) >= 11 is 0. The van der Waals surface area contributed by atoms with Gasteiger partial charge in [-0.25, -0.2) is 9.97 Å². The van der Waals surface area contributed by atoms with E-state index in [4.69, 9.17) is 15.0 Å². The summed E-state index contributed by atoms with van der Waals surface area (Å²) in [5.74, 6) is 0.183. The minimum atomic E-state index is 0.00145. The van der Waals surface area contributed by atoms with E-state index in [1.807, 2.05) is 42.7 Å². The molecule has 0 radical (unpaired) electrons. The summed E-state index contributed by atoms with van der Waals surface area (Å²) in [6.45, 7) is 6.65. The normalized spacial score (nSPS) is 11.7. The first-order chi connectivity index (χ1) is 26.3. The molecule has 5 heteroatoms. The molecule has 0 spiro atoms. The maximum absolute atomic E-state index is 11.1. The number of phenols is 1. The third-order valence-electron chi connectivity index (χ3n) is 10.2. The lowest BCUT2D eigenvalue weighted by Crippen LogP contribution is -2.11. The van der Waals surface area contributed by atoms with Crippen LogP contribution in [0.4, 0.5) is 0 Å². The molecule has 1 N–H and O–H groups in total. The lowest BCUT2D eigenvalue weighted by atomic mass is 9.87. The molecule has 0 amide bonds. The quantitative estimate of drug-likeness (QED) is 0.188. The number of hydrogen-bond acceptors (Lipinski definition) is 4. The first kappa shape index (κ1) is 33.0. The maximum Gasteiger partial charge on any atom is 0.145 e. The highest BCUT2D eigenvalue weighted by Gasteiger charge is 2.21. The Morgan fingerprint density at radius 3 is 1.94 bits per heavy atom. The molecule has 0 aliphatic carbocycles. The molecule has 4 heterocycles. The monoisotopic (exact) mass is 698 g/mol. The average molecular weight is 699 g/mol. The lowest BCUT2D eigenvalue weighted by Gasteiger charge is -2.19. The first-order valence-electron chi connectivity index (χ1n) is 18.2. The molecule has 54 heavy (non-hydrogen) atoms. The first-order valence-corrected chi connectivity index (χ1v) is 18.2. The Morgan fingerprint density at radius 2 is 1.15 bits per heavy atom. The Bertz CT molecular complexity index is 2830. The molecule has 9 aromatic rings. The number of para-hydroxylation sites is 3. The number of benzene rings is 5. The Labute approximate surface area is 314 Å². The van der Waals surface area contributed by atoms with Crippen LogP contribution in [-0.4, -0.2) is 24.6 Å². The van der Waals surface area contributed by atoms with Crippen molar-refractivity contribution in [1.29, 1.82) is 0 Å². The predicted molar refractivity (Wildman–Crippen MR) is 222 cm³/mol. The molecule has 9 rings (SSSR count). The van der Waals surface area contributed by atoms with Crippen molar-refractivity contribution in [3.8, 4) is 67.5 Å². The fourth-order valence-electron chi connectivity index (χ4n) is 7.46. The molecule has 0 bridgehead atoms. The number of hydrogen-bond donors (Lipinski definition) is 1. The fourth-order valence-corrected chi connectivity index (χ4v) is 7.46. The molecule has 0 fully saturated rings. The molecular weight excluding hydrogens is 661 g/mol. The van der Waals surface area contributed by atoms with Crippen molar-refractivity contribution in [3.05, 3.63) is 176 Å². The Hall–Kier alpha value is -6.85. The standard InChI is InChI=1S/C49H38N4O/c1-49(2,3)35-25-27-50-43(31-35)32-14-11-15-33(28-32)44-29-34(30-45(52-44)42-20-9-10-24-46(42)54)37-18-7-8-19-38(37)39-21-12-22-40-41-23-13-26-51-48(41)53(47(39)40)36-16-5-4-6-17-36/h4-31,54H,1-3H3. The van der Waals surface area contributed by atoms with Crippen LogP contribution >= 0.6 is 0 Å². The van der Waals surface area contributed by atoms with E-state index in [2.05, 4.69) is 147 Å². The van der Waals surface area contributed by atoms with Crippen LogP contribution in [0.3, 0.4) is 0 Å². The Kier molecular flexibility index (Phi) is 8.12. The second kappa shape index (κ2) is 13.3. The van der Waals surface area contributed by atoms with Gasteiger partial charge in [0.15, 0.2) is 0 Å². The van der Waals surface area contributed by atoms with Gasteiger partial charge in [0.25, 0.3) is 0 Å². The van der Waals surface area contributed by atoms with Crippen LogP contribution in [0.2, 0.25) is 0 Å². The summed E-state index contributed by atoms with van der Waals surface area (Å²) in [5.41, 5.74) is 13.6. The van der Waals surface area contributed by atoms with Crippen LogP contribution in [0.25, 0.3) is 83.6 Å². The molecule has 0 aliphatic rings. The molecule has 260 valence electrons. The number of pyridine rings is 3. The number of rotatable bonds is 6. The van der Waals surface area contributed by atoms with Crippen molar-refractivity contribution < 1.29 is 5.11 Å². The molecule has 0 saturated heterocycles. The van der Waals surface area contributed by atoms with Gasteiger partial charge < -0.3 is 5.11 Å². The maximum atomic E-state index is 11.1. The Balaban J connectivity index is 1.27. The van der Waals surface area contributed by atoms with E-state index in [-0.39, 0.29) is 11.2 Å². The molecule has 0 unspecified atom stereocenters. The third kappa shape index (κ3) is 5.90. The second-order valence-corrected chi connectivity index (χ2v) is 14.7. The third-order valence-corrected chi connectivity index (χ3v) is 10.2. The van der Waals surface area contributed by atoms with Crippen LogP contribution in [0, 0.1) is 0 Å². The van der Waals surface area contributed by atoms with Crippen molar-refractivity contribution in [2.75, 3.05) is 0 Å². The van der Waals surface area contributed by atoms with E-state index in [9.17, 15) is 5.11 Å². The van der Waals surface area contributed by atoms with Gasteiger partial charge in [-0.3, -0.25) is 9.55 Å².